The van der Waals surface area contributed by atoms with Crippen LogP contribution in [0.4, 0.5) is 0 Å². The number of phenolic OH excluding ortho intramolecular Hbond substituents is 1. The molecule has 0 unspecified atom stereocenters. The van der Waals surface area contributed by atoms with Gasteiger partial charge in [0.15, 0.2) is 0 Å². The van der Waals surface area contributed by atoms with Crippen molar-refractivity contribution in [1.29, 1.82) is 0 Å². The number of rotatable bonds is 2. The summed E-state index contributed by atoms with van der Waals surface area (Å²) < 4.78 is 5.41. The van der Waals surface area contributed by atoms with E-state index in [-0.39, 0.29) is 11.3 Å². The van der Waals surface area contributed by atoms with E-state index < -0.39 is 0 Å². The lowest BCUT2D eigenvalue weighted by Crippen LogP contribution is -2.01. The minimum Gasteiger partial charge on any atom is -0.508 e. The molecule has 0 spiro atoms. The third-order valence-corrected chi connectivity index (χ3v) is 1.83. The normalized spacial score (nSPS) is 9.87. The molecule has 0 atom stereocenters. The molecule has 15 heavy (non-hydrogen) atoms. The summed E-state index contributed by atoms with van der Waals surface area (Å²) in [6, 6.07) is 9.30. The fourth-order valence-electron chi connectivity index (χ4n) is 1.11. The first-order chi connectivity index (χ1) is 7.24. The van der Waals surface area contributed by atoms with E-state index in [0.29, 0.717) is 11.5 Å². The molecule has 4 nitrogen and oxygen atoms in total. The van der Waals surface area contributed by atoms with Gasteiger partial charge in [-0.15, -0.1) is 0 Å². The van der Waals surface area contributed by atoms with Crippen molar-refractivity contribution in [1.82, 2.24) is 4.98 Å². The molecule has 0 amide bonds. The van der Waals surface area contributed by atoms with E-state index in [1.54, 1.807) is 18.2 Å². The third kappa shape index (κ3) is 2.37. The Balaban J connectivity index is 2.18. The summed E-state index contributed by atoms with van der Waals surface area (Å²) in [5.74, 6) is 1.32. The number of hydrogen-bond donors (Lipinski definition) is 2. The van der Waals surface area contributed by atoms with Crippen LogP contribution in [0.2, 0.25) is 0 Å². The molecule has 0 radical (unpaired) electrons. The maximum Gasteiger partial charge on any atom is 0.248 e. The predicted molar refractivity (Wildman–Crippen MR) is 55.2 cm³/mol. The number of H-pyrrole nitrogens is 1. The SMILES string of the molecule is O=c1ccc(Oc2ccc(O)cc2)c[nH]1. The number of ether oxygens (including phenoxy) is 1. The van der Waals surface area contributed by atoms with Gasteiger partial charge in [-0.1, -0.05) is 0 Å². The van der Waals surface area contributed by atoms with Crippen molar-refractivity contribution in [3.63, 3.8) is 0 Å². The Morgan fingerprint density at radius 1 is 1.00 bits per heavy atom. The molecule has 0 aliphatic heterocycles. The summed E-state index contributed by atoms with van der Waals surface area (Å²) in [5.41, 5.74) is -0.173. The lowest BCUT2D eigenvalue weighted by molar-refractivity contribution is 0.463. The van der Waals surface area contributed by atoms with Crippen LogP contribution in [0.15, 0.2) is 47.4 Å². The Bertz CT molecular complexity index is 481. The molecule has 1 aromatic carbocycles. The fraction of sp³-hybridized carbons (Fsp3) is 0. The number of aromatic hydroxyl groups is 1. The average molecular weight is 203 g/mol. The number of phenols is 1. The highest BCUT2D eigenvalue weighted by Gasteiger charge is 1.96. The Kier molecular flexibility index (Phi) is 2.41. The minimum atomic E-state index is -0.173. The Hall–Kier alpha value is -2.23. The van der Waals surface area contributed by atoms with Gasteiger partial charge in [0, 0.05) is 12.3 Å². The van der Waals surface area contributed by atoms with Crippen LogP contribution in [0, 0.1) is 0 Å². The first-order valence-corrected chi connectivity index (χ1v) is 4.40. The van der Waals surface area contributed by atoms with E-state index in [2.05, 4.69) is 4.98 Å². The van der Waals surface area contributed by atoms with Gasteiger partial charge in [-0.3, -0.25) is 4.79 Å². The number of aromatic amines is 1. The summed E-state index contributed by atoms with van der Waals surface area (Å²) in [6.45, 7) is 0. The molecule has 0 saturated carbocycles. The second-order valence-corrected chi connectivity index (χ2v) is 2.98. The highest BCUT2D eigenvalue weighted by atomic mass is 16.5. The Morgan fingerprint density at radius 3 is 2.27 bits per heavy atom. The molecule has 0 aliphatic carbocycles. The van der Waals surface area contributed by atoms with Gasteiger partial charge in [0.1, 0.15) is 17.2 Å². The summed E-state index contributed by atoms with van der Waals surface area (Å²) in [4.78, 5) is 13.3. The Labute approximate surface area is 85.8 Å². The summed E-state index contributed by atoms with van der Waals surface area (Å²) in [5, 5.41) is 9.06. The quantitative estimate of drug-likeness (QED) is 0.783. The van der Waals surface area contributed by atoms with Crippen molar-refractivity contribution >= 4 is 0 Å². The zero-order valence-electron chi connectivity index (χ0n) is 7.81. The van der Waals surface area contributed by atoms with Crippen molar-refractivity contribution in [3.8, 4) is 17.2 Å². The second-order valence-electron chi connectivity index (χ2n) is 2.98. The molecule has 0 bridgehead atoms. The van der Waals surface area contributed by atoms with Gasteiger partial charge in [-0.05, 0) is 30.3 Å². The molecule has 4 heteroatoms. The third-order valence-electron chi connectivity index (χ3n) is 1.83. The lowest BCUT2D eigenvalue weighted by Gasteiger charge is -2.04. The van der Waals surface area contributed by atoms with E-state index in [9.17, 15) is 4.79 Å². The molecule has 2 N–H and O–H groups in total. The molecule has 2 rings (SSSR count). The number of pyridine rings is 1. The largest absolute Gasteiger partial charge is 0.508 e. The number of nitrogens with one attached hydrogen (secondary N) is 1. The van der Waals surface area contributed by atoms with Crippen molar-refractivity contribution < 1.29 is 9.84 Å². The lowest BCUT2D eigenvalue weighted by atomic mass is 10.3. The maximum atomic E-state index is 10.8. The molecular formula is C11H9NO3. The van der Waals surface area contributed by atoms with Crippen molar-refractivity contribution in [2.24, 2.45) is 0 Å². The smallest absolute Gasteiger partial charge is 0.248 e. The van der Waals surface area contributed by atoms with Crippen LogP contribution >= 0.6 is 0 Å². The summed E-state index contributed by atoms with van der Waals surface area (Å²) in [6.07, 6.45) is 1.48. The molecule has 76 valence electrons. The zero-order valence-corrected chi connectivity index (χ0v) is 7.81. The van der Waals surface area contributed by atoms with Crippen LogP contribution < -0.4 is 10.3 Å². The van der Waals surface area contributed by atoms with E-state index in [1.807, 2.05) is 0 Å². The highest BCUT2D eigenvalue weighted by Crippen LogP contribution is 2.21. The molecular weight excluding hydrogens is 194 g/mol. The first-order valence-electron chi connectivity index (χ1n) is 4.40. The van der Waals surface area contributed by atoms with Gasteiger partial charge in [0.05, 0.1) is 0 Å². The van der Waals surface area contributed by atoms with Crippen LogP contribution in [0.5, 0.6) is 17.2 Å². The molecule has 0 fully saturated rings. The van der Waals surface area contributed by atoms with Crippen LogP contribution in [0.3, 0.4) is 0 Å². The fourth-order valence-corrected chi connectivity index (χ4v) is 1.11. The molecule has 1 aromatic heterocycles. The maximum absolute atomic E-state index is 10.8. The van der Waals surface area contributed by atoms with Crippen LogP contribution in [-0.4, -0.2) is 10.1 Å². The molecule has 2 aromatic rings. The van der Waals surface area contributed by atoms with E-state index in [1.165, 1.54) is 24.4 Å². The topological polar surface area (TPSA) is 62.3 Å². The summed E-state index contributed by atoms with van der Waals surface area (Å²) >= 11 is 0. The Morgan fingerprint density at radius 2 is 1.67 bits per heavy atom. The monoisotopic (exact) mass is 203 g/mol. The van der Waals surface area contributed by atoms with Crippen LogP contribution in [0.1, 0.15) is 0 Å². The number of hydrogen-bond acceptors (Lipinski definition) is 3. The molecule has 1 heterocycles. The van der Waals surface area contributed by atoms with Crippen LogP contribution in [-0.2, 0) is 0 Å². The molecule has 0 saturated heterocycles. The van der Waals surface area contributed by atoms with Gasteiger partial charge in [-0.25, -0.2) is 0 Å². The first kappa shape index (κ1) is 9.33. The van der Waals surface area contributed by atoms with Gasteiger partial charge >= 0.3 is 0 Å². The zero-order chi connectivity index (χ0) is 10.7. The molecule has 0 aliphatic rings. The van der Waals surface area contributed by atoms with Gasteiger partial charge in [0.25, 0.3) is 0 Å². The summed E-state index contributed by atoms with van der Waals surface area (Å²) in [7, 11) is 0. The van der Waals surface area contributed by atoms with E-state index in [4.69, 9.17) is 9.84 Å². The highest BCUT2D eigenvalue weighted by molar-refractivity contribution is 5.33. The van der Waals surface area contributed by atoms with E-state index in [0.717, 1.165) is 0 Å². The van der Waals surface area contributed by atoms with Crippen molar-refractivity contribution in [2.45, 2.75) is 0 Å². The van der Waals surface area contributed by atoms with Gasteiger partial charge < -0.3 is 14.8 Å². The second kappa shape index (κ2) is 3.88. The standard InChI is InChI=1S/C11H9NO3/c13-8-1-3-9(4-2-8)15-10-5-6-11(14)12-7-10/h1-7,13H,(H,12,14). The minimum absolute atomic E-state index is 0.173. The van der Waals surface area contributed by atoms with Gasteiger partial charge in [0.2, 0.25) is 5.56 Å². The van der Waals surface area contributed by atoms with Gasteiger partial charge in [-0.2, -0.15) is 0 Å². The van der Waals surface area contributed by atoms with Crippen molar-refractivity contribution in [3.05, 3.63) is 52.9 Å². The predicted octanol–water partition coefficient (Wildman–Crippen LogP) is 1.87. The average Bonchev–Trinajstić information content (AvgIpc) is 2.25. The van der Waals surface area contributed by atoms with Crippen LogP contribution in [0.25, 0.3) is 0 Å². The number of benzene rings is 1. The van der Waals surface area contributed by atoms with E-state index >= 15 is 0 Å². The van der Waals surface area contributed by atoms with Crippen molar-refractivity contribution in [2.75, 3.05) is 0 Å². The number of aromatic nitrogens is 1.